The van der Waals surface area contributed by atoms with E-state index >= 15 is 0 Å². The number of thiazole rings is 1. The Kier molecular flexibility index (Phi) is 4.37. The summed E-state index contributed by atoms with van der Waals surface area (Å²) in [5.74, 6) is 3.79. The maximum absolute atomic E-state index is 5.06. The fourth-order valence-corrected chi connectivity index (χ4v) is 4.94. The third kappa shape index (κ3) is 2.98. The van der Waals surface area contributed by atoms with Crippen LogP contribution >= 0.6 is 11.3 Å². The lowest BCUT2D eigenvalue weighted by Crippen LogP contribution is -2.33. The summed E-state index contributed by atoms with van der Waals surface area (Å²) in [5.41, 5.74) is 2.42. The Labute approximate surface area is 193 Å². The Morgan fingerprint density at radius 3 is 2.70 bits per heavy atom. The van der Waals surface area contributed by atoms with Gasteiger partial charge in [0.2, 0.25) is 0 Å². The first-order valence-corrected chi connectivity index (χ1v) is 11.4. The number of aromatic nitrogens is 10. The van der Waals surface area contributed by atoms with Crippen LogP contribution < -0.4 is 4.90 Å². The molecule has 1 aliphatic heterocycles. The third-order valence-corrected chi connectivity index (χ3v) is 6.50. The molecule has 0 aliphatic carbocycles. The Morgan fingerprint density at radius 2 is 1.97 bits per heavy atom. The number of anilines is 2. The van der Waals surface area contributed by atoms with Crippen molar-refractivity contribution in [1.82, 2.24) is 49.3 Å². The van der Waals surface area contributed by atoms with E-state index in [0.29, 0.717) is 5.82 Å². The number of aryl methyl sites for hydroxylation is 3. The minimum atomic E-state index is -0.0660. The molecule has 0 saturated heterocycles. The Balaban J connectivity index is 1.59. The highest BCUT2D eigenvalue weighted by Gasteiger charge is 2.37. The molecule has 0 saturated carbocycles. The van der Waals surface area contributed by atoms with Crippen molar-refractivity contribution in [1.29, 1.82) is 0 Å². The molecule has 0 spiro atoms. The van der Waals surface area contributed by atoms with E-state index in [1.54, 1.807) is 15.6 Å². The molecule has 0 radical (unpaired) electrons. The van der Waals surface area contributed by atoms with E-state index in [1.165, 1.54) is 11.3 Å². The molecule has 0 N–H and O–H groups in total. The molecule has 0 fully saturated rings. The lowest BCUT2D eigenvalue weighted by Gasteiger charge is -2.35. The van der Waals surface area contributed by atoms with Gasteiger partial charge in [-0.1, -0.05) is 6.92 Å². The Hall–Kier alpha value is -3.93. The molecule has 5 aromatic heterocycles. The number of hydrogen-bond donors (Lipinski definition) is 0. The molecule has 33 heavy (non-hydrogen) atoms. The molecule has 6 heterocycles. The van der Waals surface area contributed by atoms with Crippen molar-refractivity contribution in [2.75, 3.05) is 4.90 Å². The van der Waals surface area contributed by atoms with Gasteiger partial charge in [-0.25, -0.2) is 15.0 Å². The summed E-state index contributed by atoms with van der Waals surface area (Å²) in [4.78, 5) is 16.4. The molecule has 1 aliphatic rings. The Bertz CT molecular complexity index is 1460. The van der Waals surface area contributed by atoms with Crippen molar-refractivity contribution < 1.29 is 0 Å². The highest BCUT2D eigenvalue weighted by Crippen LogP contribution is 2.43. The highest BCUT2D eigenvalue weighted by atomic mass is 32.1. The zero-order valence-corrected chi connectivity index (χ0v) is 19.4. The van der Waals surface area contributed by atoms with Crippen molar-refractivity contribution >= 4 is 23.0 Å². The first-order valence-electron chi connectivity index (χ1n) is 10.6. The average molecular weight is 460 g/mol. The summed E-state index contributed by atoms with van der Waals surface area (Å²) in [7, 11) is 3.79. The lowest BCUT2D eigenvalue weighted by molar-refractivity contribution is 0.579. The summed E-state index contributed by atoms with van der Waals surface area (Å²) >= 11 is 1.54. The van der Waals surface area contributed by atoms with Gasteiger partial charge in [0.05, 0.1) is 17.8 Å². The van der Waals surface area contributed by atoms with Crippen LogP contribution in [0.4, 0.5) is 11.6 Å². The fourth-order valence-electron chi connectivity index (χ4n) is 4.30. The molecular formula is C21H21N11S. The third-order valence-electron chi connectivity index (χ3n) is 5.72. The van der Waals surface area contributed by atoms with Gasteiger partial charge < -0.3 is 0 Å². The average Bonchev–Trinajstić information content (AvgIpc) is 3.60. The van der Waals surface area contributed by atoms with Crippen molar-refractivity contribution in [3.05, 3.63) is 47.9 Å². The van der Waals surface area contributed by atoms with E-state index in [2.05, 4.69) is 37.2 Å². The van der Waals surface area contributed by atoms with Gasteiger partial charge >= 0.3 is 0 Å². The van der Waals surface area contributed by atoms with Gasteiger partial charge in [-0.05, 0) is 13.3 Å². The zero-order chi connectivity index (χ0) is 22.7. The normalized spacial score (nSPS) is 15.0. The van der Waals surface area contributed by atoms with Crippen LogP contribution in [0.3, 0.4) is 0 Å². The molecule has 12 heteroatoms. The summed E-state index contributed by atoms with van der Waals surface area (Å²) in [6, 6.07) is 1.92. The molecule has 0 amide bonds. The van der Waals surface area contributed by atoms with Crippen molar-refractivity contribution in [2.45, 2.75) is 26.3 Å². The minimum absolute atomic E-state index is 0.0660. The van der Waals surface area contributed by atoms with Crippen LogP contribution in [0.25, 0.3) is 27.8 Å². The smallest absolute Gasteiger partial charge is 0.165 e. The summed E-state index contributed by atoms with van der Waals surface area (Å²) in [6.45, 7) is 4.07. The van der Waals surface area contributed by atoms with Gasteiger partial charge in [-0.2, -0.15) is 10.2 Å². The summed E-state index contributed by atoms with van der Waals surface area (Å²) in [5, 5.41) is 20.9. The van der Waals surface area contributed by atoms with Gasteiger partial charge in [0, 0.05) is 44.1 Å². The van der Waals surface area contributed by atoms with E-state index < -0.39 is 0 Å². The second kappa shape index (κ2) is 7.30. The van der Waals surface area contributed by atoms with Crippen LogP contribution in [0.5, 0.6) is 0 Å². The van der Waals surface area contributed by atoms with E-state index in [-0.39, 0.29) is 6.04 Å². The van der Waals surface area contributed by atoms with Crippen LogP contribution in [-0.4, -0.2) is 49.3 Å². The minimum Gasteiger partial charge on any atom is -0.297 e. The van der Waals surface area contributed by atoms with E-state index in [1.807, 2.05) is 55.6 Å². The molecule has 6 rings (SSSR count). The van der Waals surface area contributed by atoms with Crippen molar-refractivity contribution in [3.8, 4) is 27.8 Å². The van der Waals surface area contributed by atoms with E-state index in [4.69, 9.17) is 9.97 Å². The predicted molar refractivity (Wildman–Crippen MR) is 123 cm³/mol. The first kappa shape index (κ1) is 19.7. The van der Waals surface area contributed by atoms with Gasteiger partial charge in [0.15, 0.2) is 23.3 Å². The zero-order valence-electron chi connectivity index (χ0n) is 18.6. The van der Waals surface area contributed by atoms with Crippen molar-refractivity contribution in [2.24, 2.45) is 14.1 Å². The fraction of sp³-hybridized carbons (Fsp3) is 0.286. The van der Waals surface area contributed by atoms with Gasteiger partial charge in [0.1, 0.15) is 22.2 Å². The maximum atomic E-state index is 5.06. The lowest BCUT2D eigenvalue weighted by atomic mass is 10.1. The van der Waals surface area contributed by atoms with Crippen LogP contribution in [-0.2, 0) is 14.1 Å². The van der Waals surface area contributed by atoms with Crippen LogP contribution in [0, 0.1) is 6.92 Å². The van der Waals surface area contributed by atoms with Crippen LogP contribution in [0.15, 0.2) is 36.2 Å². The largest absolute Gasteiger partial charge is 0.297 e. The second-order valence-electron chi connectivity index (χ2n) is 7.89. The van der Waals surface area contributed by atoms with Gasteiger partial charge in [0.25, 0.3) is 0 Å². The summed E-state index contributed by atoms with van der Waals surface area (Å²) < 4.78 is 5.59. The van der Waals surface area contributed by atoms with E-state index in [9.17, 15) is 0 Å². The number of rotatable bonds is 4. The second-order valence-corrected chi connectivity index (χ2v) is 8.78. The number of nitrogens with zero attached hydrogens (tertiary/aromatic N) is 11. The Morgan fingerprint density at radius 1 is 1.09 bits per heavy atom. The standard InChI is InChI=1S/C21H21N11S/c1-5-14-20-26-25-12(2)31(20)15-10-23-18(24-19(15)32(14)16-6-8-29(3)27-16)13-11-30(4)28-17(13)21-22-7-9-33-21/h6-11,14H,5H2,1-4H3/t14-/m1/s1. The van der Waals surface area contributed by atoms with Gasteiger partial charge in [-0.15, -0.1) is 21.5 Å². The number of fused-ring (bicyclic) bond motifs is 3. The topological polar surface area (TPSA) is 108 Å². The maximum Gasteiger partial charge on any atom is 0.165 e. The highest BCUT2D eigenvalue weighted by molar-refractivity contribution is 7.13. The van der Waals surface area contributed by atoms with Crippen LogP contribution in [0.1, 0.15) is 31.0 Å². The molecular weight excluding hydrogens is 438 g/mol. The first-order chi connectivity index (χ1) is 16.0. The van der Waals surface area contributed by atoms with Gasteiger partial charge in [-0.3, -0.25) is 18.8 Å². The summed E-state index contributed by atoms with van der Waals surface area (Å²) in [6.07, 6.45) is 8.27. The number of hydrogen-bond acceptors (Lipinski definition) is 9. The molecule has 5 aromatic rings. The monoisotopic (exact) mass is 459 g/mol. The molecule has 166 valence electrons. The SMILES string of the molecule is CC[C@@H]1c2nnc(C)n2-c2cnc(-c3cn(C)nc3-c3nccs3)nc2N1c1ccn(C)n1. The molecule has 0 aromatic carbocycles. The molecule has 0 bridgehead atoms. The van der Waals surface area contributed by atoms with Crippen LogP contribution in [0.2, 0.25) is 0 Å². The molecule has 0 unspecified atom stereocenters. The molecule has 1 atom stereocenters. The van der Waals surface area contributed by atoms with E-state index in [0.717, 1.165) is 51.7 Å². The predicted octanol–water partition coefficient (Wildman–Crippen LogP) is 3.23. The van der Waals surface area contributed by atoms with Crippen molar-refractivity contribution in [3.63, 3.8) is 0 Å². The molecule has 11 nitrogen and oxygen atoms in total. The quantitative estimate of drug-likeness (QED) is 0.403.